The Kier molecular flexibility index (Phi) is 1.97. The molecule has 2 aromatic rings. The second-order valence-electron chi connectivity index (χ2n) is 3.89. The van der Waals surface area contributed by atoms with Gasteiger partial charge in [-0.05, 0) is 25.0 Å². The Morgan fingerprint density at radius 1 is 1.47 bits per heavy atom. The van der Waals surface area contributed by atoms with Crippen molar-refractivity contribution in [3.8, 4) is 0 Å². The molecule has 1 N–H and O–H groups in total. The molecule has 3 rings (SSSR count). The van der Waals surface area contributed by atoms with E-state index >= 15 is 0 Å². The molecule has 0 atom stereocenters. The molecule has 0 radical (unpaired) electrons. The molecule has 1 aromatic heterocycles. The lowest BCUT2D eigenvalue weighted by Gasteiger charge is -2.05. The molecule has 1 aliphatic rings. The number of aliphatic hydroxyl groups is 1. The third-order valence-corrected chi connectivity index (χ3v) is 3.09. The number of rotatable bonds is 2. The minimum absolute atomic E-state index is 0.0263. The minimum Gasteiger partial charge on any atom is -0.388 e. The van der Waals surface area contributed by atoms with E-state index in [1.807, 2.05) is 18.2 Å². The molecule has 1 aromatic carbocycles. The average molecular weight is 223 g/mol. The van der Waals surface area contributed by atoms with Crippen LogP contribution >= 0.6 is 11.6 Å². The van der Waals surface area contributed by atoms with Crippen LogP contribution in [-0.4, -0.2) is 14.7 Å². The molecule has 1 saturated carbocycles. The van der Waals surface area contributed by atoms with Crippen LogP contribution in [0.25, 0.3) is 11.0 Å². The Morgan fingerprint density at radius 2 is 2.27 bits per heavy atom. The van der Waals surface area contributed by atoms with Crippen molar-refractivity contribution < 1.29 is 5.11 Å². The van der Waals surface area contributed by atoms with E-state index in [2.05, 4.69) is 9.55 Å². The Hall–Kier alpha value is -1.06. The van der Waals surface area contributed by atoms with Crippen LogP contribution in [0.2, 0.25) is 5.02 Å². The van der Waals surface area contributed by atoms with Gasteiger partial charge in [0, 0.05) is 6.04 Å². The van der Waals surface area contributed by atoms with Crippen molar-refractivity contribution in [3.63, 3.8) is 0 Å². The molecule has 0 saturated heterocycles. The van der Waals surface area contributed by atoms with Gasteiger partial charge in [-0.3, -0.25) is 0 Å². The zero-order chi connectivity index (χ0) is 10.4. The lowest BCUT2D eigenvalue weighted by Crippen LogP contribution is -2.01. The van der Waals surface area contributed by atoms with Gasteiger partial charge < -0.3 is 9.67 Å². The lowest BCUT2D eigenvalue weighted by molar-refractivity contribution is 0.266. The smallest absolute Gasteiger partial charge is 0.136 e. The van der Waals surface area contributed by atoms with Crippen molar-refractivity contribution in [3.05, 3.63) is 29.0 Å². The van der Waals surface area contributed by atoms with Crippen molar-refractivity contribution in [1.29, 1.82) is 0 Å². The minimum atomic E-state index is -0.0263. The molecule has 0 bridgehead atoms. The summed E-state index contributed by atoms with van der Waals surface area (Å²) in [5.41, 5.74) is 1.84. The van der Waals surface area contributed by atoms with Crippen LogP contribution in [0, 0.1) is 0 Å². The summed E-state index contributed by atoms with van der Waals surface area (Å²) in [5, 5.41) is 9.98. The van der Waals surface area contributed by atoms with Crippen LogP contribution in [0.5, 0.6) is 0 Å². The maximum atomic E-state index is 9.26. The largest absolute Gasteiger partial charge is 0.388 e. The van der Waals surface area contributed by atoms with Gasteiger partial charge in [-0.1, -0.05) is 17.7 Å². The molecule has 1 aliphatic carbocycles. The van der Waals surface area contributed by atoms with Crippen molar-refractivity contribution >= 4 is 22.6 Å². The van der Waals surface area contributed by atoms with E-state index in [0.29, 0.717) is 11.1 Å². The number of para-hydroxylation sites is 1. The van der Waals surface area contributed by atoms with Crippen molar-refractivity contribution in [2.24, 2.45) is 0 Å². The summed E-state index contributed by atoms with van der Waals surface area (Å²) in [4.78, 5) is 4.38. The summed E-state index contributed by atoms with van der Waals surface area (Å²) >= 11 is 6.16. The maximum Gasteiger partial charge on any atom is 0.136 e. The first-order valence-electron chi connectivity index (χ1n) is 5.07. The van der Waals surface area contributed by atoms with E-state index in [1.165, 1.54) is 0 Å². The number of hydrogen-bond acceptors (Lipinski definition) is 2. The van der Waals surface area contributed by atoms with E-state index < -0.39 is 0 Å². The molecular weight excluding hydrogens is 212 g/mol. The highest BCUT2D eigenvalue weighted by molar-refractivity contribution is 6.35. The SMILES string of the molecule is OCc1nc2cccc(Cl)c2n1C1CC1. The number of imidazole rings is 1. The fourth-order valence-corrected chi connectivity index (χ4v) is 2.25. The number of hydrogen-bond donors (Lipinski definition) is 1. The molecule has 3 nitrogen and oxygen atoms in total. The summed E-state index contributed by atoms with van der Waals surface area (Å²) in [6.07, 6.45) is 2.31. The van der Waals surface area contributed by atoms with Gasteiger partial charge in [0.2, 0.25) is 0 Å². The molecule has 0 unspecified atom stereocenters. The van der Waals surface area contributed by atoms with E-state index in [-0.39, 0.29) is 6.61 Å². The van der Waals surface area contributed by atoms with Gasteiger partial charge in [-0.25, -0.2) is 4.98 Å². The van der Waals surface area contributed by atoms with Crippen LogP contribution in [0.1, 0.15) is 24.7 Å². The van der Waals surface area contributed by atoms with Crippen LogP contribution in [0.4, 0.5) is 0 Å². The summed E-state index contributed by atoms with van der Waals surface area (Å²) in [6.45, 7) is -0.0263. The summed E-state index contributed by atoms with van der Waals surface area (Å²) in [7, 11) is 0. The number of nitrogens with zero attached hydrogens (tertiary/aromatic N) is 2. The molecule has 4 heteroatoms. The van der Waals surface area contributed by atoms with Gasteiger partial charge in [0.25, 0.3) is 0 Å². The van der Waals surface area contributed by atoms with Crippen LogP contribution < -0.4 is 0 Å². The zero-order valence-electron chi connectivity index (χ0n) is 8.15. The monoisotopic (exact) mass is 222 g/mol. The molecular formula is C11H11ClN2O. The van der Waals surface area contributed by atoms with E-state index in [0.717, 1.165) is 29.7 Å². The van der Waals surface area contributed by atoms with Crippen molar-refractivity contribution in [2.75, 3.05) is 0 Å². The topological polar surface area (TPSA) is 38.1 Å². The summed E-state index contributed by atoms with van der Waals surface area (Å²) < 4.78 is 2.08. The fourth-order valence-electron chi connectivity index (χ4n) is 1.99. The third-order valence-electron chi connectivity index (χ3n) is 2.79. The first-order chi connectivity index (χ1) is 7.31. The number of halogens is 1. The predicted molar refractivity (Wildman–Crippen MR) is 58.9 cm³/mol. The Bertz CT molecular complexity index is 517. The van der Waals surface area contributed by atoms with E-state index in [1.54, 1.807) is 0 Å². The third kappa shape index (κ3) is 1.34. The molecule has 0 aliphatic heterocycles. The van der Waals surface area contributed by atoms with Crippen molar-refractivity contribution in [1.82, 2.24) is 9.55 Å². The first kappa shape index (κ1) is 9.19. The quantitative estimate of drug-likeness (QED) is 0.848. The van der Waals surface area contributed by atoms with Gasteiger partial charge in [0.1, 0.15) is 12.4 Å². The molecule has 1 heterocycles. The Morgan fingerprint density at radius 3 is 2.93 bits per heavy atom. The van der Waals surface area contributed by atoms with Gasteiger partial charge in [-0.2, -0.15) is 0 Å². The van der Waals surface area contributed by atoms with Gasteiger partial charge in [0.15, 0.2) is 0 Å². The fraction of sp³-hybridized carbons (Fsp3) is 0.364. The predicted octanol–water partition coefficient (Wildman–Crippen LogP) is 2.52. The highest BCUT2D eigenvalue weighted by Gasteiger charge is 2.28. The maximum absolute atomic E-state index is 9.26. The standard InChI is InChI=1S/C11H11ClN2O/c12-8-2-1-3-9-11(8)14(7-4-5-7)10(6-15)13-9/h1-3,7,15H,4-6H2. The summed E-state index contributed by atoms with van der Waals surface area (Å²) in [5.74, 6) is 0.723. The van der Waals surface area contributed by atoms with Crippen LogP contribution in [0.15, 0.2) is 18.2 Å². The van der Waals surface area contributed by atoms with E-state index in [4.69, 9.17) is 11.6 Å². The number of benzene rings is 1. The average Bonchev–Trinajstić information content (AvgIpc) is 2.99. The van der Waals surface area contributed by atoms with Crippen LogP contribution in [-0.2, 0) is 6.61 Å². The molecule has 15 heavy (non-hydrogen) atoms. The Labute approximate surface area is 92.3 Å². The highest BCUT2D eigenvalue weighted by Crippen LogP contribution is 2.40. The number of aromatic nitrogens is 2. The van der Waals surface area contributed by atoms with E-state index in [9.17, 15) is 5.11 Å². The second-order valence-corrected chi connectivity index (χ2v) is 4.30. The first-order valence-corrected chi connectivity index (χ1v) is 5.45. The lowest BCUT2D eigenvalue weighted by atomic mass is 10.3. The number of aliphatic hydroxyl groups excluding tert-OH is 1. The summed E-state index contributed by atoms with van der Waals surface area (Å²) in [6, 6.07) is 6.16. The molecule has 0 spiro atoms. The normalized spacial score (nSPS) is 16.1. The van der Waals surface area contributed by atoms with Gasteiger partial charge >= 0.3 is 0 Å². The van der Waals surface area contributed by atoms with Crippen LogP contribution in [0.3, 0.4) is 0 Å². The second kappa shape index (κ2) is 3.22. The van der Waals surface area contributed by atoms with Gasteiger partial charge in [0.05, 0.1) is 16.1 Å². The number of fused-ring (bicyclic) bond motifs is 1. The zero-order valence-corrected chi connectivity index (χ0v) is 8.91. The Balaban J connectivity index is 2.35. The van der Waals surface area contributed by atoms with Crippen molar-refractivity contribution in [2.45, 2.75) is 25.5 Å². The van der Waals surface area contributed by atoms with Gasteiger partial charge in [-0.15, -0.1) is 0 Å². The highest BCUT2D eigenvalue weighted by atomic mass is 35.5. The molecule has 1 fully saturated rings. The molecule has 78 valence electrons. The molecule has 0 amide bonds.